The lowest BCUT2D eigenvalue weighted by atomic mass is 10.00. The first-order valence-electron chi connectivity index (χ1n) is 13.2. The van der Waals surface area contributed by atoms with Crippen molar-refractivity contribution in [1.29, 1.82) is 0 Å². The van der Waals surface area contributed by atoms with Crippen molar-refractivity contribution in [2.45, 2.75) is 33.0 Å². The summed E-state index contributed by atoms with van der Waals surface area (Å²) in [6.07, 6.45) is 0. The number of nitrogens with zero attached hydrogens (tertiary/aromatic N) is 6. The van der Waals surface area contributed by atoms with Crippen molar-refractivity contribution in [3.63, 3.8) is 0 Å². The van der Waals surface area contributed by atoms with E-state index in [-0.39, 0.29) is 12.4 Å². The average molecular weight is 532 g/mol. The van der Waals surface area contributed by atoms with E-state index < -0.39 is 6.04 Å². The number of fused-ring (bicyclic) bond motifs is 2. The number of rotatable bonds is 8. The number of aryl methyl sites for hydroxylation is 2. The molecule has 0 aliphatic carbocycles. The second-order valence-electron chi connectivity index (χ2n) is 10.3. The summed E-state index contributed by atoms with van der Waals surface area (Å²) in [4.78, 5) is 21.4. The maximum absolute atomic E-state index is 13.6. The molecule has 2 aliphatic heterocycles. The van der Waals surface area contributed by atoms with Gasteiger partial charge in [-0.05, 0) is 65.1 Å². The molecule has 2 aliphatic rings. The number of aromatic amines is 1. The highest BCUT2D eigenvalue weighted by molar-refractivity contribution is 5.83. The fourth-order valence-corrected chi connectivity index (χ4v) is 5.63. The van der Waals surface area contributed by atoms with Crippen molar-refractivity contribution in [3.05, 3.63) is 74.8 Å². The largest absolute Gasteiger partial charge is 0.454 e. The number of methoxy groups -OCH3 is 1. The molecule has 4 aromatic rings. The van der Waals surface area contributed by atoms with E-state index in [1.165, 1.54) is 5.56 Å². The molecule has 0 radical (unpaired) electrons. The van der Waals surface area contributed by atoms with Crippen LogP contribution in [0.2, 0.25) is 0 Å². The Kier molecular flexibility index (Phi) is 7.03. The Balaban J connectivity index is 1.29. The molecule has 0 bridgehead atoms. The second kappa shape index (κ2) is 10.8. The number of hydrogen-bond donors (Lipinski definition) is 1. The topological polar surface area (TPSA) is 111 Å². The number of hydrogen-bond acceptors (Lipinski definition) is 9. The molecule has 204 valence electrons. The Bertz CT molecular complexity index is 1540. The number of H-pyrrole nitrogens is 1. The van der Waals surface area contributed by atoms with Gasteiger partial charge in [-0.2, -0.15) is 0 Å². The Morgan fingerprint density at radius 1 is 1.05 bits per heavy atom. The van der Waals surface area contributed by atoms with Gasteiger partial charge in [0.15, 0.2) is 17.3 Å². The third-order valence-electron chi connectivity index (χ3n) is 7.54. The van der Waals surface area contributed by atoms with Gasteiger partial charge in [-0.25, -0.2) is 4.68 Å². The summed E-state index contributed by atoms with van der Waals surface area (Å²) >= 11 is 0. The summed E-state index contributed by atoms with van der Waals surface area (Å²) in [5.41, 5.74) is 4.77. The number of benzene rings is 2. The summed E-state index contributed by atoms with van der Waals surface area (Å²) in [5, 5.41) is 13.6. The molecule has 2 aromatic heterocycles. The molecule has 1 saturated heterocycles. The maximum atomic E-state index is 13.6. The SMILES string of the molecule is COCCn1nnnc1[C@H](c1cc2cc(C)cc(C)c2[nH]c1=O)N1CCN(Cc2ccc3c(c2)OCO3)CC1. The van der Waals surface area contributed by atoms with E-state index in [1.807, 2.05) is 19.1 Å². The minimum Gasteiger partial charge on any atom is -0.454 e. The first-order chi connectivity index (χ1) is 19.0. The Morgan fingerprint density at radius 2 is 1.87 bits per heavy atom. The molecule has 39 heavy (non-hydrogen) atoms. The van der Waals surface area contributed by atoms with Crippen LogP contribution in [-0.2, 0) is 17.8 Å². The predicted octanol–water partition coefficient (Wildman–Crippen LogP) is 2.41. The molecule has 2 aromatic carbocycles. The van der Waals surface area contributed by atoms with Gasteiger partial charge in [-0.15, -0.1) is 5.10 Å². The van der Waals surface area contributed by atoms with Crippen molar-refractivity contribution in [3.8, 4) is 11.5 Å². The zero-order chi connectivity index (χ0) is 26.9. The third kappa shape index (κ3) is 5.12. The van der Waals surface area contributed by atoms with Gasteiger partial charge < -0.3 is 19.2 Å². The Morgan fingerprint density at radius 3 is 2.69 bits per heavy atom. The number of tetrazole rings is 1. The molecule has 0 spiro atoms. The van der Waals surface area contributed by atoms with E-state index in [0.29, 0.717) is 24.5 Å². The highest BCUT2D eigenvalue weighted by atomic mass is 16.7. The number of piperazine rings is 1. The van der Waals surface area contributed by atoms with Gasteiger partial charge in [0.25, 0.3) is 5.56 Å². The minimum atomic E-state index is -0.390. The van der Waals surface area contributed by atoms with Gasteiger partial charge in [0.2, 0.25) is 6.79 Å². The number of aromatic nitrogens is 5. The minimum absolute atomic E-state index is 0.122. The lowest BCUT2D eigenvalue weighted by Gasteiger charge is -2.38. The van der Waals surface area contributed by atoms with Crippen LogP contribution in [0.25, 0.3) is 10.9 Å². The second-order valence-corrected chi connectivity index (χ2v) is 10.3. The fraction of sp³-hybridized carbons (Fsp3) is 0.429. The number of pyridine rings is 1. The maximum Gasteiger partial charge on any atom is 0.253 e. The molecular formula is C28H33N7O4. The van der Waals surface area contributed by atoms with Gasteiger partial charge in [-0.1, -0.05) is 17.7 Å². The van der Waals surface area contributed by atoms with Gasteiger partial charge in [-0.3, -0.25) is 14.6 Å². The van der Waals surface area contributed by atoms with Crippen LogP contribution >= 0.6 is 0 Å². The summed E-state index contributed by atoms with van der Waals surface area (Å²) in [7, 11) is 1.65. The van der Waals surface area contributed by atoms with E-state index >= 15 is 0 Å². The monoisotopic (exact) mass is 531 g/mol. The van der Waals surface area contributed by atoms with Crippen molar-refractivity contribution in [2.24, 2.45) is 0 Å². The molecule has 1 atom stereocenters. The zero-order valence-electron chi connectivity index (χ0n) is 22.5. The third-order valence-corrected chi connectivity index (χ3v) is 7.54. The summed E-state index contributed by atoms with van der Waals surface area (Å²) in [6.45, 7) is 9.36. The van der Waals surface area contributed by atoms with Gasteiger partial charge in [0.05, 0.1) is 18.7 Å². The van der Waals surface area contributed by atoms with Crippen LogP contribution < -0.4 is 15.0 Å². The molecule has 0 amide bonds. The molecule has 1 fully saturated rings. The van der Waals surface area contributed by atoms with Crippen molar-refractivity contribution < 1.29 is 14.2 Å². The first-order valence-corrected chi connectivity index (χ1v) is 13.2. The van der Waals surface area contributed by atoms with Crippen LogP contribution in [0.15, 0.2) is 41.2 Å². The van der Waals surface area contributed by atoms with E-state index in [1.54, 1.807) is 11.8 Å². The molecule has 0 unspecified atom stereocenters. The van der Waals surface area contributed by atoms with Crippen molar-refractivity contribution in [2.75, 3.05) is 46.7 Å². The molecule has 0 saturated carbocycles. The summed E-state index contributed by atoms with van der Waals surface area (Å²) < 4.78 is 18.0. The predicted molar refractivity (Wildman–Crippen MR) is 145 cm³/mol. The number of ether oxygens (including phenoxy) is 3. The Labute approximate surface area is 226 Å². The quantitative estimate of drug-likeness (QED) is 0.366. The highest BCUT2D eigenvalue weighted by Gasteiger charge is 2.33. The van der Waals surface area contributed by atoms with E-state index in [2.05, 4.69) is 61.5 Å². The van der Waals surface area contributed by atoms with Crippen LogP contribution in [0.5, 0.6) is 11.5 Å². The molecule has 1 N–H and O–H groups in total. The van der Waals surface area contributed by atoms with E-state index in [9.17, 15) is 4.79 Å². The summed E-state index contributed by atoms with van der Waals surface area (Å²) in [6, 6.07) is 11.9. The van der Waals surface area contributed by atoms with Gasteiger partial charge in [0, 0.05) is 45.4 Å². The highest BCUT2D eigenvalue weighted by Crippen LogP contribution is 2.33. The molecular weight excluding hydrogens is 498 g/mol. The van der Waals surface area contributed by atoms with Crippen LogP contribution in [0.3, 0.4) is 0 Å². The van der Waals surface area contributed by atoms with Crippen LogP contribution in [-0.4, -0.2) is 81.7 Å². The molecule has 6 rings (SSSR count). The zero-order valence-corrected chi connectivity index (χ0v) is 22.5. The molecule has 11 heteroatoms. The van der Waals surface area contributed by atoms with E-state index in [4.69, 9.17) is 14.2 Å². The number of nitrogens with one attached hydrogen (secondary N) is 1. The van der Waals surface area contributed by atoms with Gasteiger partial charge in [0.1, 0.15) is 6.04 Å². The van der Waals surface area contributed by atoms with Crippen molar-refractivity contribution in [1.82, 2.24) is 35.0 Å². The molecule has 4 heterocycles. The smallest absolute Gasteiger partial charge is 0.253 e. The van der Waals surface area contributed by atoms with Gasteiger partial charge >= 0.3 is 0 Å². The first kappa shape index (κ1) is 25.5. The lowest BCUT2D eigenvalue weighted by molar-refractivity contribution is 0.0984. The summed E-state index contributed by atoms with van der Waals surface area (Å²) in [5.74, 6) is 2.24. The standard InChI is InChI=1S/C28H33N7O4/c1-18-12-19(2)25-21(13-18)15-22(28(36)29-25)26(27-30-31-32-35(27)10-11-37-3)34-8-6-33(7-9-34)16-20-4-5-23-24(14-20)39-17-38-23/h4-5,12-15,26H,6-11,16-17H2,1-3H3,(H,29,36)/t26-/m0/s1. The Hall–Kier alpha value is -3.80. The fourth-order valence-electron chi connectivity index (χ4n) is 5.63. The molecule has 11 nitrogen and oxygen atoms in total. The van der Waals surface area contributed by atoms with E-state index in [0.717, 1.165) is 66.3 Å². The lowest BCUT2D eigenvalue weighted by Crippen LogP contribution is -2.48. The average Bonchev–Trinajstić information content (AvgIpc) is 3.59. The van der Waals surface area contributed by atoms with Crippen LogP contribution in [0, 0.1) is 13.8 Å². The van der Waals surface area contributed by atoms with Crippen LogP contribution in [0.1, 0.15) is 34.1 Å². The van der Waals surface area contributed by atoms with Crippen LogP contribution in [0.4, 0.5) is 0 Å². The van der Waals surface area contributed by atoms with Crippen molar-refractivity contribution >= 4 is 10.9 Å². The normalized spacial score (nSPS) is 16.7.